The Morgan fingerprint density at radius 1 is 1.24 bits per heavy atom. The van der Waals surface area contributed by atoms with Crippen LogP contribution in [0.15, 0.2) is 40.3 Å². The third kappa shape index (κ3) is 3.56. The number of nitrogens with one attached hydrogen (secondary N) is 1. The number of hydrogen-bond acceptors (Lipinski definition) is 3. The van der Waals surface area contributed by atoms with E-state index in [1.54, 1.807) is 11.8 Å². The molecule has 0 bridgehead atoms. The highest BCUT2D eigenvalue weighted by Crippen LogP contribution is 2.32. The van der Waals surface area contributed by atoms with Crippen LogP contribution in [0, 0.1) is 6.92 Å². The maximum Gasteiger partial charge on any atom is 0.254 e. The molecule has 1 aromatic carbocycles. The van der Waals surface area contributed by atoms with Gasteiger partial charge < -0.3 is 4.98 Å². The highest BCUT2D eigenvalue weighted by Gasteiger charge is 2.18. The van der Waals surface area contributed by atoms with Gasteiger partial charge in [-0.1, -0.05) is 54.9 Å². The molecule has 0 aliphatic heterocycles. The molecule has 3 rings (SSSR count). The zero-order chi connectivity index (χ0) is 14.7. The topological polar surface area (TPSA) is 45.8 Å². The molecule has 1 aliphatic rings. The van der Waals surface area contributed by atoms with Gasteiger partial charge in [-0.15, -0.1) is 0 Å². The number of H-pyrrole nitrogens is 1. The fourth-order valence-electron chi connectivity index (χ4n) is 2.74. The van der Waals surface area contributed by atoms with E-state index in [2.05, 4.69) is 17.1 Å². The van der Waals surface area contributed by atoms with Gasteiger partial charge >= 0.3 is 0 Å². The van der Waals surface area contributed by atoms with Crippen molar-refractivity contribution in [3.8, 4) is 0 Å². The molecule has 1 aliphatic carbocycles. The predicted octanol–water partition coefficient (Wildman–Crippen LogP) is 3.70. The van der Waals surface area contributed by atoms with Crippen LogP contribution in [0.5, 0.6) is 0 Å². The van der Waals surface area contributed by atoms with Gasteiger partial charge in [-0.3, -0.25) is 4.79 Å². The third-order valence-corrected chi connectivity index (χ3v) is 5.25. The maximum atomic E-state index is 12.1. The van der Waals surface area contributed by atoms with Gasteiger partial charge in [0.25, 0.3) is 5.56 Å². The van der Waals surface area contributed by atoms with Crippen LogP contribution >= 0.6 is 11.8 Å². The van der Waals surface area contributed by atoms with Gasteiger partial charge in [0, 0.05) is 17.2 Å². The molecule has 21 heavy (non-hydrogen) atoms. The van der Waals surface area contributed by atoms with E-state index in [9.17, 15) is 4.79 Å². The normalized spacial score (nSPS) is 15.5. The monoisotopic (exact) mass is 300 g/mol. The van der Waals surface area contributed by atoms with Gasteiger partial charge in [-0.2, -0.15) is 0 Å². The summed E-state index contributed by atoms with van der Waals surface area (Å²) in [6, 6.07) is 10.2. The molecule has 0 spiro atoms. The van der Waals surface area contributed by atoms with Crippen LogP contribution in [-0.2, 0) is 6.42 Å². The second-order valence-corrected chi connectivity index (χ2v) is 6.92. The van der Waals surface area contributed by atoms with E-state index in [1.807, 2.05) is 25.1 Å². The first-order valence-electron chi connectivity index (χ1n) is 7.53. The van der Waals surface area contributed by atoms with E-state index in [1.165, 1.54) is 31.2 Å². The molecular formula is C17H20N2OS. The maximum absolute atomic E-state index is 12.1. The van der Waals surface area contributed by atoms with Crippen LogP contribution in [-0.4, -0.2) is 15.2 Å². The lowest BCUT2D eigenvalue weighted by molar-refractivity contribution is 0.839. The average Bonchev–Trinajstić information content (AvgIpc) is 2.98. The van der Waals surface area contributed by atoms with Crippen LogP contribution < -0.4 is 5.56 Å². The molecular weight excluding hydrogens is 280 g/mol. The SMILES string of the molecule is Cc1c(Cc2ccccc2)nc(SC2CCCC2)[nH]c1=O. The largest absolute Gasteiger partial charge is 0.301 e. The summed E-state index contributed by atoms with van der Waals surface area (Å²) >= 11 is 1.73. The Hall–Kier alpha value is -1.55. The fourth-order valence-corrected chi connectivity index (χ4v) is 3.94. The Kier molecular flexibility index (Phi) is 4.44. The van der Waals surface area contributed by atoms with Crippen molar-refractivity contribution < 1.29 is 0 Å². The molecule has 0 amide bonds. The molecule has 0 unspecified atom stereocenters. The Morgan fingerprint density at radius 3 is 2.67 bits per heavy atom. The van der Waals surface area contributed by atoms with E-state index in [4.69, 9.17) is 4.98 Å². The molecule has 1 saturated carbocycles. The van der Waals surface area contributed by atoms with Gasteiger partial charge in [0.1, 0.15) is 0 Å². The minimum Gasteiger partial charge on any atom is -0.301 e. The van der Waals surface area contributed by atoms with E-state index in [-0.39, 0.29) is 5.56 Å². The Morgan fingerprint density at radius 2 is 1.95 bits per heavy atom. The number of thioether (sulfide) groups is 1. The molecule has 110 valence electrons. The van der Waals surface area contributed by atoms with Crippen molar-refractivity contribution in [2.45, 2.75) is 49.4 Å². The first-order valence-corrected chi connectivity index (χ1v) is 8.41. The number of nitrogens with zero attached hydrogens (tertiary/aromatic N) is 1. The predicted molar refractivity (Wildman–Crippen MR) is 87.0 cm³/mol. The average molecular weight is 300 g/mol. The molecule has 0 saturated heterocycles. The first-order chi connectivity index (χ1) is 10.2. The van der Waals surface area contributed by atoms with Crippen molar-refractivity contribution in [2.75, 3.05) is 0 Å². The smallest absolute Gasteiger partial charge is 0.254 e. The molecule has 1 N–H and O–H groups in total. The van der Waals surface area contributed by atoms with Gasteiger partial charge in [0.15, 0.2) is 5.16 Å². The van der Waals surface area contributed by atoms with Crippen molar-refractivity contribution in [2.24, 2.45) is 0 Å². The summed E-state index contributed by atoms with van der Waals surface area (Å²) in [4.78, 5) is 19.7. The molecule has 1 fully saturated rings. The number of aromatic amines is 1. The van der Waals surface area contributed by atoms with Crippen molar-refractivity contribution in [1.29, 1.82) is 0 Å². The summed E-state index contributed by atoms with van der Waals surface area (Å²) in [5, 5.41) is 1.39. The molecule has 2 aromatic rings. The van der Waals surface area contributed by atoms with E-state index < -0.39 is 0 Å². The van der Waals surface area contributed by atoms with Crippen molar-refractivity contribution >= 4 is 11.8 Å². The van der Waals surface area contributed by atoms with Crippen molar-refractivity contribution in [1.82, 2.24) is 9.97 Å². The minimum atomic E-state index is -0.00331. The third-order valence-electron chi connectivity index (χ3n) is 4.03. The number of benzene rings is 1. The lowest BCUT2D eigenvalue weighted by Crippen LogP contribution is -2.17. The number of rotatable bonds is 4. The standard InChI is InChI=1S/C17H20N2OS/c1-12-15(11-13-7-3-2-4-8-13)18-17(19-16(12)20)21-14-9-5-6-10-14/h2-4,7-8,14H,5-6,9-11H2,1H3,(H,18,19,20). The van der Waals surface area contributed by atoms with E-state index >= 15 is 0 Å². The van der Waals surface area contributed by atoms with Crippen LogP contribution in [0.3, 0.4) is 0 Å². The quantitative estimate of drug-likeness (QED) is 0.876. The summed E-state index contributed by atoms with van der Waals surface area (Å²) in [5.74, 6) is 0. The molecule has 0 radical (unpaired) electrons. The molecule has 4 heteroatoms. The molecule has 0 atom stereocenters. The Balaban J connectivity index is 1.85. The lowest BCUT2D eigenvalue weighted by atomic mass is 10.1. The highest BCUT2D eigenvalue weighted by atomic mass is 32.2. The fraction of sp³-hybridized carbons (Fsp3) is 0.412. The molecule has 3 nitrogen and oxygen atoms in total. The summed E-state index contributed by atoms with van der Waals surface area (Å²) in [7, 11) is 0. The Bertz CT molecular complexity index is 660. The number of hydrogen-bond donors (Lipinski definition) is 1. The molecule has 1 heterocycles. The van der Waals surface area contributed by atoms with Crippen LogP contribution in [0.25, 0.3) is 0 Å². The van der Waals surface area contributed by atoms with Gasteiger partial charge in [0.2, 0.25) is 0 Å². The molecule has 1 aromatic heterocycles. The van der Waals surface area contributed by atoms with Gasteiger partial charge in [-0.05, 0) is 25.3 Å². The second kappa shape index (κ2) is 6.48. The Labute approximate surface area is 129 Å². The minimum absolute atomic E-state index is 0.00331. The van der Waals surface area contributed by atoms with Crippen LogP contribution in [0.2, 0.25) is 0 Å². The summed E-state index contributed by atoms with van der Waals surface area (Å²) in [5.41, 5.74) is 2.81. The van der Waals surface area contributed by atoms with E-state index in [0.29, 0.717) is 5.25 Å². The second-order valence-electron chi connectivity index (χ2n) is 5.63. The number of aromatic nitrogens is 2. The van der Waals surface area contributed by atoms with E-state index in [0.717, 1.165) is 22.8 Å². The van der Waals surface area contributed by atoms with Gasteiger partial charge in [-0.25, -0.2) is 4.98 Å². The highest BCUT2D eigenvalue weighted by molar-refractivity contribution is 7.99. The lowest BCUT2D eigenvalue weighted by Gasteiger charge is -2.10. The summed E-state index contributed by atoms with van der Waals surface area (Å²) in [6.07, 6.45) is 5.77. The zero-order valence-corrected chi connectivity index (χ0v) is 13.1. The summed E-state index contributed by atoms with van der Waals surface area (Å²) < 4.78 is 0. The van der Waals surface area contributed by atoms with Crippen LogP contribution in [0.4, 0.5) is 0 Å². The van der Waals surface area contributed by atoms with Crippen molar-refractivity contribution in [3.63, 3.8) is 0 Å². The van der Waals surface area contributed by atoms with Crippen molar-refractivity contribution in [3.05, 3.63) is 57.5 Å². The summed E-state index contributed by atoms with van der Waals surface area (Å²) in [6.45, 7) is 1.86. The zero-order valence-electron chi connectivity index (χ0n) is 12.3. The van der Waals surface area contributed by atoms with Crippen LogP contribution in [0.1, 0.15) is 42.5 Å². The van der Waals surface area contributed by atoms with Gasteiger partial charge in [0.05, 0.1) is 5.69 Å². The first kappa shape index (κ1) is 14.4.